The van der Waals surface area contributed by atoms with Gasteiger partial charge in [0.15, 0.2) is 0 Å². The van der Waals surface area contributed by atoms with E-state index in [1.165, 1.54) is 9.80 Å². The molecule has 0 spiro atoms. The average molecular weight is 664 g/mol. The molecule has 0 bridgehead atoms. The zero-order valence-electron chi connectivity index (χ0n) is 24.7. The zero-order valence-corrected chi connectivity index (χ0v) is 30.5. The molecule has 224 valence electrons. The number of rotatable bonds is 10. The molecule has 2 aromatic carbocycles. The van der Waals surface area contributed by atoms with Gasteiger partial charge >= 0.3 is 74.7 Å². The van der Waals surface area contributed by atoms with Crippen molar-refractivity contribution in [2.75, 3.05) is 25.4 Å². The van der Waals surface area contributed by atoms with Crippen molar-refractivity contribution in [1.29, 1.82) is 0 Å². The van der Waals surface area contributed by atoms with Crippen LogP contribution in [-0.4, -0.2) is 81.3 Å². The van der Waals surface area contributed by atoms with Gasteiger partial charge in [0, 0.05) is 24.2 Å². The van der Waals surface area contributed by atoms with Crippen molar-refractivity contribution in [1.82, 2.24) is 9.80 Å². The van der Waals surface area contributed by atoms with Crippen LogP contribution in [0, 0.1) is 0 Å². The average Bonchev–Trinajstić information content (AvgIpc) is 3.68. The van der Waals surface area contributed by atoms with Crippen LogP contribution < -0.4 is 69.3 Å². The fourth-order valence-corrected chi connectivity index (χ4v) is 7.08. The number of amides is 2. The van der Waals surface area contributed by atoms with Gasteiger partial charge in [-0.2, -0.15) is 0 Å². The maximum atomic E-state index is 12.1. The predicted octanol–water partition coefficient (Wildman–Crippen LogP) is -5.50. The van der Waals surface area contributed by atoms with Crippen LogP contribution in [0.3, 0.4) is 0 Å². The minimum Gasteiger partial charge on any atom is -0.548 e. The van der Waals surface area contributed by atoms with Gasteiger partial charge in [-0.05, 0) is 25.7 Å². The summed E-state index contributed by atoms with van der Waals surface area (Å²) in [6, 6.07) is 15.0. The van der Waals surface area contributed by atoms with E-state index >= 15 is 0 Å². The number of carboxylic acid groups (broad SMARTS) is 2. The Labute approximate surface area is 301 Å². The smallest absolute Gasteiger partial charge is 0.548 e. The molecule has 2 aliphatic rings. The molecule has 0 saturated carbocycles. The molecule has 0 radical (unpaired) electrons. The van der Waals surface area contributed by atoms with Crippen molar-refractivity contribution < 1.29 is 108 Å². The summed E-state index contributed by atoms with van der Waals surface area (Å²) < 4.78 is 24.1. The number of aliphatic hydroxyl groups is 2. The van der Waals surface area contributed by atoms with Gasteiger partial charge in [-0.1, -0.05) is 69.8 Å². The molecule has 2 N–H and O–H groups in total. The minimum atomic E-state index is -2.21. The molecule has 2 heterocycles. The fourth-order valence-electron chi connectivity index (χ4n) is 4.82. The third-order valence-electron chi connectivity index (χ3n) is 7.01. The second kappa shape index (κ2) is 19.8. The number of hydrogen-bond donors (Lipinski definition) is 2. The van der Waals surface area contributed by atoms with Crippen LogP contribution >= 0.6 is 15.6 Å². The Hall–Kier alpha value is -1.56. The molecule has 2 amide bonds. The van der Waals surface area contributed by atoms with Gasteiger partial charge in [0.2, 0.25) is 12.3 Å². The number of benzene rings is 2. The van der Waals surface area contributed by atoms with Crippen molar-refractivity contribution in [2.24, 2.45) is 0 Å². The summed E-state index contributed by atoms with van der Waals surface area (Å²) in [6.07, 6.45) is 1.15. The summed E-state index contributed by atoms with van der Waals surface area (Å²) >= 11 is 0. The second-order valence-electron chi connectivity index (χ2n) is 9.85. The Morgan fingerprint density at radius 1 is 0.682 bits per heavy atom. The van der Waals surface area contributed by atoms with Gasteiger partial charge < -0.3 is 39.8 Å². The van der Waals surface area contributed by atoms with Crippen LogP contribution in [0.4, 0.5) is 0 Å². The molecule has 2 fully saturated rings. The van der Waals surface area contributed by atoms with E-state index in [0.29, 0.717) is 49.9 Å². The van der Waals surface area contributed by atoms with Gasteiger partial charge in [0.25, 0.3) is 23.5 Å². The van der Waals surface area contributed by atoms with Gasteiger partial charge in [-0.25, -0.2) is 0 Å². The number of likely N-dealkylation sites (tertiary alicyclic amines) is 2. The van der Waals surface area contributed by atoms with Crippen molar-refractivity contribution >= 4 is 39.4 Å². The van der Waals surface area contributed by atoms with Crippen LogP contribution in [0.15, 0.2) is 60.7 Å². The summed E-state index contributed by atoms with van der Waals surface area (Å²) in [5.41, 5.74) is 0.952. The van der Waals surface area contributed by atoms with E-state index in [0.717, 1.165) is 0 Å². The van der Waals surface area contributed by atoms with Crippen LogP contribution in [0.1, 0.15) is 48.5 Å². The van der Waals surface area contributed by atoms with Crippen LogP contribution in [0.5, 0.6) is 0 Å². The second-order valence-corrected chi connectivity index (χ2v) is 13.1. The summed E-state index contributed by atoms with van der Waals surface area (Å²) in [5.74, 6) is -6.07. The molecular formula is C28H32N2Na2O10P2+2. The number of aliphatic carboxylic acids is 2. The molecule has 16 heteroatoms. The van der Waals surface area contributed by atoms with Gasteiger partial charge in [-0.15, -0.1) is 0 Å². The predicted molar refractivity (Wildman–Crippen MR) is 147 cm³/mol. The Morgan fingerprint density at radius 2 is 1.00 bits per heavy atom. The molecule has 6 atom stereocenters. The number of aliphatic hydroxyl groups excluding tert-OH is 2. The number of carbonyl (C=O) groups is 4. The van der Waals surface area contributed by atoms with Gasteiger partial charge in [-0.3, -0.25) is 9.59 Å². The van der Waals surface area contributed by atoms with Crippen LogP contribution in [-0.2, 0) is 28.3 Å². The molecule has 0 aromatic heterocycles. The van der Waals surface area contributed by atoms with E-state index in [4.69, 9.17) is 0 Å². The SMILES string of the molecule is O=C([O-])[C@@H]1CCCN1C(=O)C[P+](=O)C(O)c1ccccc1.O=C([O-])[C@@H]1CCCN1C(=O)C[P+](=O)C(O)c1ccccc1.[Na+].[Na+]. The van der Waals surface area contributed by atoms with E-state index in [-0.39, 0.29) is 71.4 Å². The summed E-state index contributed by atoms with van der Waals surface area (Å²) in [4.78, 5) is 48.3. The van der Waals surface area contributed by atoms with Gasteiger partial charge in [0.05, 0.1) is 24.0 Å². The topological polar surface area (TPSA) is 195 Å². The van der Waals surface area contributed by atoms with E-state index in [2.05, 4.69) is 0 Å². The monoisotopic (exact) mass is 664 g/mol. The first-order valence-electron chi connectivity index (χ1n) is 13.4. The Kier molecular flexibility index (Phi) is 18.2. The Bertz CT molecular complexity index is 1210. The summed E-state index contributed by atoms with van der Waals surface area (Å²) in [6.45, 7) is 0.643. The Balaban J connectivity index is 0.000000421. The number of hydrogen-bond acceptors (Lipinski definition) is 10. The first-order valence-corrected chi connectivity index (χ1v) is 16.4. The van der Waals surface area contributed by atoms with Crippen LogP contribution in [0.2, 0.25) is 0 Å². The van der Waals surface area contributed by atoms with E-state index in [1.54, 1.807) is 60.7 Å². The normalized spacial score (nSPS) is 19.2. The molecule has 0 aliphatic carbocycles. The van der Waals surface area contributed by atoms with E-state index in [9.17, 15) is 48.7 Å². The van der Waals surface area contributed by atoms with E-state index in [1.807, 2.05) is 0 Å². The van der Waals surface area contributed by atoms with Crippen molar-refractivity contribution in [2.45, 2.75) is 49.5 Å². The third kappa shape index (κ3) is 11.4. The number of carbonyl (C=O) groups excluding carboxylic acids is 4. The quantitative estimate of drug-likeness (QED) is 0.183. The first-order chi connectivity index (χ1) is 20.0. The van der Waals surface area contributed by atoms with Crippen LogP contribution in [0.25, 0.3) is 0 Å². The Morgan fingerprint density at radius 3 is 1.30 bits per heavy atom. The molecule has 44 heavy (non-hydrogen) atoms. The summed E-state index contributed by atoms with van der Waals surface area (Å²) in [5, 5.41) is 41.8. The van der Waals surface area contributed by atoms with Crippen molar-refractivity contribution in [3.05, 3.63) is 71.8 Å². The number of nitrogens with zero attached hydrogens (tertiary/aromatic N) is 2. The van der Waals surface area contributed by atoms with Gasteiger partial charge in [0.1, 0.15) is 0 Å². The standard InChI is InChI=1S/2C14H16NO5P.2Na/c2*16-12(15-8-4-7-11(15)13(17)18)9-21(20)14(19)10-5-2-1-3-6-10;;/h2*1-3,5-6,11,14,19H,4,7-9H2;;/q;;2*+1/t2*11-,14?;;/m00../s1. The first kappa shape index (κ1) is 40.5. The summed E-state index contributed by atoms with van der Waals surface area (Å²) in [7, 11) is -4.42. The maximum absolute atomic E-state index is 12.1. The van der Waals surface area contributed by atoms with Crippen molar-refractivity contribution in [3.63, 3.8) is 0 Å². The molecule has 4 rings (SSSR count). The van der Waals surface area contributed by atoms with Crippen molar-refractivity contribution in [3.8, 4) is 0 Å². The third-order valence-corrected chi connectivity index (χ3v) is 9.87. The van der Waals surface area contributed by atoms with E-state index < -0.39 is 63.1 Å². The molecule has 2 saturated heterocycles. The molecule has 2 aliphatic heterocycles. The minimum absolute atomic E-state index is 0. The largest absolute Gasteiger partial charge is 1.00 e. The molecule has 4 unspecified atom stereocenters. The molecule has 12 nitrogen and oxygen atoms in total. The molecular weight excluding hydrogens is 632 g/mol. The fraction of sp³-hybridized carbons (Fsp3) is 0.429. The number of carboxylic acids is 2. The maximum Gasteiger partial charge on any atom is 1.00 e. The molecule has 2 aromatic rings. The zero-order chi connectivity index (χ0) is 30.8.